The first-order valence-electron chi connectivity index (χ1n) is 10.2. The maximum absolute atomic E-state index is 11.1. The van der Waals surface area contributed by atoms with Crippen molar-refractivity contribution >= 4 is 27.3 Å². The molecule has 33 heavy (non-hydrogen) atoms. The monoisotopic (exact) mass is 478 g/mol. The Morgan fingerprint density at radius 2 is 2.03 bits per heavy atom. The molecule has 13 heteroatoms. The summed E-state index contributed by atoms with van der Waals surface area (Å²) >= 11 is 0. The molecule has 0 aliphatic heterocycles. The van der Waals surface area contributed by atoms with Gasteiger partial charge in [-0.1, -0.05) is 24.3 Å². The number of ether oxygens (including phenoxy) is 2. The molecular weight excluding hydrogens is 452 g/mol. The molecule has 4 rings (SSSR count). The predicted octanol–water partition coefficient (Wildman–Crippen LogP) is 0.667. The van der Waals surface area contributed by atoms with Crippen LogP contribution in [0.5, 0.6) is 0 Å². The molecule has 0 radical (unpaired) electrons. The van der Waals surface area contributed by atoms with Crippen LogP contribution in [-0.4, -0.2) is 66.1 Å². The summed E-state index contributed by atoms with van der Waals surface area (Å²) in [7, 11) is -1.50. The van der Waals surface area contributed by atoms with E-state index >= 15 is 0 Å². The van der Waals surface area contributed by atoms with Gasteiger partial charge < -0.3 is 19.9 Å². The minimum atomic E-state index is -4.20. The number of anilines is 1. The third kappa shape index (κ3) is 4.98. The smallest absolute Gasteiger partial charge is 0.333 e. The van der Waals surface area contributed by atoms with Gasteiger partial charge in [-0.25, -0.2) is 20.1 Å². The van der Waals surface area contributed by atoms with E-state index in [4.69, 9.17) is 14.6 Å². The topological polar surface area (TPSA) is 164 Å². The van der Waals surface area contributed by atoms with Gasteiger partial charge >= 0.3 is 10.3 Å². The quantitative estimate of drug-likeness (QED) is 0.377. The number of methoxy groups -OCH3 is 2. The zero-order valence-electron chi connectivity index (χ0n) is 18.2. The Kier molecular flexibility index (Phi) is 6.88. The number of hydrogen-bond acceptors (Lipinski definition) is 10. The average molecular weight is 479 g/mol. The van der Waals surface area contributed by atoms with E-state index in [1.165, 1.54) is 42.6 Å². The normalized spacial score (nSPS) is 18.7. The van der Waals surface area contributed by atoms with Crippen LogP contribution in [0.4, 0.5) is 5.82 Å². The molecule has 0 unspecified atom stereocenters. The third-order valence-electron chi connectivity index (χ3n) is 5.69. The molecule has 12 nitrogen and oxygen atoms in total. The second kappa shape index (κ2) is 9.67. The van der Waals surface area contributed by atoms with Crippen molar-refractivity contribution in [2.45, 2.75) is 37.3 Å². The van der Waals surface area contributed by atoms with Crippen LogP contribution in [0.1, 0.15) is 29.8 Å². The Morgan fingerprint density at radius 3 is 2.76 bits per heavy atom. The van der Waals surface area contributed by atoms with Crippen LogP contribution < -0.4 is 10.5 Å². The lowest BCUT2D eigenvalue weighted by Crippen LogP contribution is -2.41. The number of nitrogens with two attached hydrogens (primary N) is 1. The van der Waals surface area contributed by atoms with E-state index in [1.807, 2.05) is 12.1 Å². The number of nitrogens with zero attached hydrogens (tertiary/aromatic N) is 4. The van der Waals surface area contributed by atoms with Gasteiger partial charge in [0.25, 0.3) is 0 Å². The highest BCUT2D eigenvalue weighted by molar-refractivity contribution is 7.84. The van der Waals surface area contributed by atoms with E-state index in [9.17, 15) is 13.5 Å². The minimum absolute atomic E-state index is 0.0986. The van der Waals surface area contributed by atoms with Gasteiger partial charge in [-0.2, -0.15) is 8.42 Å². The molecule has 0 amide bonds. The Labute approximate surface area is 191 Å². The molecule has 3 aromatic rings. The first-order valence-corrected chi connectivity index (χ1v) is 11.7. The Morgan fingerprint density at radius 1 is 1.24 bits per heavy atom. The molecule has 178 valence electrons. The molecule has 4 N–H and O–H groups in total. The number of fused-ring (bicyclic) bond motifs is 2. The van der Waals surface area contributed by atoms with E-state index in [1.54, 1.807) is 0 Å². The van der Waals surface area contributed by atoms with E-state index in [2.05, 4.69) is 36.6 Å². The number of imidazole rings is 1. The second-order valence-corrected chi connectivity index (χ2v) is 8.87. The lowest BCUT2D eigenvalue weighted by molar-refractivity contribution is -0.126. The molecule has 0 saturated heterocycles. The molecule has 2 heterocycles. The van der Waals surface area contributed by atoms with Crippen LogP contribution in [-0.2, 0) is 30.4 Å². The highest BCUT2D eigenvalue weighted by atomic mass is 32.2. The summed E-state index contributed by atoms with van der Waals surface area (Å²) in [6.45, 7) is -0.494. The second-order valence-electron chi connectivity index (χ2n) is 7.65. The number of rotatable bonds is 10. The van der Waals surface area contributed by atoms with Crippen molar-refractivity contribution in [3.63, 3.8) is 0 Å². The van der Waals surface area contributed by atoms with Crippen molar-refractivity contribution in [1.82, 2.24) is 19.5 Å². The Hall–Kier alpha value is -2.68. The summed E-state index contributed by atoms with van der Waals surface area (Å²) < 4.78 is 39.0. The van der Waals surface area contributed by atoms with Gasteiger partial charge in [-0.05, 0) is 24.0 Å². The number of aromatic nitrogens is 4. The molecule has 1 aliphatic carbocycles. The minimum Gasteiger partial charge on any atom is -0.386 e. The summed E-state index contributed by atoms with van der Waals surface area (Å²) in [5.74, 6) is 0.561. The number of aryl methyl sites for hydroxylation is 1. The molecule has 0 fully saturated rings. The van der Waals surface area contributed by atoms with Crippen molar-refractivity contribution in [3.8, 4) is 0 Å². The number of nitrogens with one attached hydrogen (secondary N) is 1. The van der Waals surface area contributed by atoms with Gasteiger partial charge in [0.1, 0.15) is 18.5 Å². The fourth-order valence-corrected chi connectivity index (χ4v) is 4.41. The Balaban J connectivity index is 1.59. The molecule has 4 atom stereocenters. The zero-order valence-corrected chi connectivity index (χ0v) is 19.0. The predicted molar refractivity (Wildman–Crippen MR) is 118 cm³/mol. The van der Waals surface area contributed by atoms with Crippen molar-refractivity contribution in [2.24, 2.45) is 5.14 Å². The molecular formula is C20H26N6O6S. The summed E-state index contributed by atoms with van der Waals surface area (Å²) in [5.41, 5.74) is 3.46. The van der Waals surface area contributed by atoms with E-state index in [0.29, 0.717) is 17.0 Å². The Bertz CT molecular complexity index is 1220. The lowest BCUT2D eigenvalue weighted by atomic mass is 10.1. The van der Waals surface area contributed by atoms with E-state index in [0.717, 1.165) is 12.8 Å². The molecule has 0 spiro atoms. The maximum Gasteiger partial charge on any atom is 0.333 e. The highest BCUT2D eigenvalue weighted by Crippen LogP contribution is 2.34. The van der Waals surface area contributed by atoms with Crippen LogP contribution in [0.25, 0.3) is 11.2 Å². The zero-order chi connectivity index (χ0) is 23.6. The van der Waals surface area contributed by atoms with Crippen molar-refractivity contribution in [1.29, 1.82) is 0 Å². The summed E-state index contributed by atoms with van der Waals surface area (Å²) in [6.07, 6.45) is 1.41. The van der Waals surface area contributed by atoms with Crippen LogP contribution in [0.3, 0.4) is 0 Å². The van der Waals surface area contributed by atoms with Crippen molar-refractivity contribution in [3.05, 3.63) is 48.0 Å². The fourth-order valence-electron chi connectivity index (χ4n) is 4.09. The summed E-state index contributed by atoms with van der Waals surface area (Å²) in [4.78, 5) is 13.1. The summed E-state index contributed by atoms with van der Waals surface area (Å²) in [6, 6.07) is 8.37. The van der Waals surface area contributed by atoms with Crippen LogP contribution in [0, 0.1) is 0 Å². The largest absolute Gasteiger partial charge is 0.386 e. The number of benzene rings is 1. The standard InChI is InChI=1S/C20H26N6O6S/c1-30-15(9-32-33(21,28)29)17(27)20(31-2)26-11-24-16-18(22-10-23-19(16)26)25-14-8-7-12-5-3-4-6-13(12)14/h3-6,10-11,14-15,17,20,27H,7-9H2,1-2H3,(H2,21,28,29)(H,22,23,25)/t14-,15+,17+,20-/m0/s1. The van der Waals surface area contributed by atoms with E-state index in [-0.39, 0.29) is 6.04 Å². The first-order chi connectivity index (χ1) is 15.8. The first kappa shape index (κ1) is 23.5. The van der Waals surface area contributed by atoms with Crippen LogP contribution in [0.2, 0.25) is 0 Å². The molecule has 0 saturated carbocycles. The SMILES string of the molecule is CO[C@H](COS(N)(=O)=O)[C@@H](O)[C@H](OC)n1cnc2c(N[C@H]3CCc4ccccc43)ncnc21. The number of aliphatic hydroxyl groups excluding tert-OH is 1. The average Bonchev–Trinajstić information content (AvgIpc) is 3.40. The maximum atomic E-state index is 11.1. The highest BCUT2D eigenvalue weighted by Gasteiger charge is 2.32. The van der Waals surface area contributed by atoms with Gasteiger partial charge in [0.15, 0.2) is 23.2 Å². The van der Waals surface area contributed by atoms with E-state index < -0.39 is 35.3 Å². The van der Waals surface area contributed by atoms with Gasteiger partial charge in [0.05, 0.1) is 19.0 Å². The number of aliphatic hydroxyl groups is 1. The lowest BCUT2D eigenvalue weighted by Gasteiger charge is -2.28. The molecule has 1 aliphatic rings. The molecule has 0 bridgehead atoms. The fraction of sp³-hybridized carbons (Fsp3) is 0.450. The molecule has 2 aromatic heterocycles. The summed E-state index contributed by atoms with van der Waals surface area (Å²) in [5, 5.41) is 19.2. The van der Waals surface area contributed by atoms with Crippen LogP contribution >= 0.6 is 0 Å². The number of hydrogen-bond donors (Lipinski definition) is 3. The van der Waals surface area contributed by atoms with Gasteiger partial charge in [-0.3, -0.25) is 8.75 Å². The van der Waals surface area contributed by atoms with Crippen molar-refractivity contribution < 1.29 is 27.2 Å². The van der Waals surface area contributed by atoms with Gasteiger partial charge in [-0.15, -0.1) is 0 Å². The van der Waals surface area contributed by atoms with Gasteiger partial charge in [0, 0.05) is 14.2 Å². The molecule has 1 aromatic carbocycles. The van der Waals surface area contributed by atoms with Crippen LogP contribution in [0.15, 0.2) is 36.9 Å². The third-order valence-corrected chi connectivity index (χ3v) is 6.16. The van der Waals surface area contributed by atoms with Crippen molar-refractivity contribution in [2.75, 3.05) is 26.1 Å². The van der Waals surface area contributed by atoms with Gasteiger partial charge in [0.2, 0.25) is 0 Å².